The fourth-order valence-electron chi connectivity index (χ4n) is 3.28. The molecule has 24 heavy (non-hydrogen) atoms. The summed E-state index contributed by atoms with van der Waals surface area (Å²) in [4.78, 5) is 14.7. The molecule has 2 aromatic rings. The number of likely N-dealkylation sites (tertiary alicyclic amines) is 1. The van der Waals surface area contributed by atoms with Gasteiger partial charge < -0.3 is 10.0 Å². The zero-order valence-corrected chi connectivity index (χ0v) is 14.3. The molecule has 1 N–H and O–H groups in total. The molecule has 0 spiro atoms. The predicted molar refractivity (Wildman–Crippen MR) is 93.0 cm³/mol. The lowest BCUT2D eigenvalue weighted by Gasteiger charge is -2.36. The molecule has 1 fully saturated rings. The molecule has 0 unspecified atom stereocenters. The fourth-order valence-corrected chi connectivity index (χ4v) is 3.48. The largest absolute Gasteiger partial charge is 0.506 e. The molecule has 1 aliphatic rings. The molecule has 0 radical (unpaired) electrons. The number of hydrogen-bond donors (Lipinski definition) is 1. The summed E-state index contributed by atoms with van der Waals surface area (Å²) in [6.45, 7) is 1.64. The van der Waals surface area contributed by atoms with Gasteiger partial charge in [0.2, 0.25) is 5.91 Å². The van der Waals surface area contributed by atoms with E-state index in [0.717, 1.165) is 37.9 Å². The minimum absolute atomic E-state index is 0.0444. The third kappa shape index (κ3) is 4.09. The Morgan fingerprint density at radius 1 is 1.38 bits per heavy atom. The lowest BCUT2D eigenvalue weighted by molar-refractivity contribution is -0.134. The summed E-state index contributed by atoms with van der Waals surface area (Å²) < 4.78 is 1.91. The van der Waals surface area contributed by atoms with Crippen LogP contribution in [0, 0.1) is 0 Å². The molecule has 1 amide bonds. The van der Waals surface area contributed by atoms with Crippen LogP contribution in [0.2, 0.25) is 5.02 Å². The van der Waals surface area contributed by atoms with Crippen molar-refractivity contribution in [3.8, 4) is 5.75 Å². The number of phenolic OH excluding ortho intramolecular Hbond substituents is 1. The van der Waals surface area contributed by atoms with Gasteiger partial charge >= 0.3 is 0 Å². The Morgan fingerprint density at radius 3 is 3.00 bits per heavy atom. The van der Waals surface area contributed by atoms with Crippen molar-refractivity contribution in [1.82, 2.24) is 14.7 Å². The van der Waals surface area contributed by atoms with Crippen LogP contribution in [0.5, 0.6) is 5.75 Å². The predicted octanol–water partition coefficient (Wildman–Crippen LogP) is 3.26. The highest BCUT2D eigenvalue weighted by molar-refractivity contribution is 6.32. The second kappa shape index (κ2) is 7.71. The highest BCUT2D eigenvalue weighted by Gasteiger charge is 2.26. The molecular formula is C18H22ClN3O2. The molecular weight excluding hydrogens is 326 g/mol. The van der Waals surface area contributed by atoms with Gasteiger partial charge in [-0.2, -0.15) is 5.10 Å². The minimum atomic E-state index is 0.0444. The molecule has 0 saturated carbocycles. The zero-order chi connectivity index (χ0) is 16.9. The highest BCUT2D eigenvalue weighted by atomic mass is 35.5. The van der Waals surface area contributed by atoms with E-state index in [2.05, 4.69) is 5.10 Å². The van der Waals surface area contributed by atoms with E-state index in [1.165, 1.54) is 12.5 Å². The Hall–Kier alpha value is -2.01. The quantitative estimate of drug-likeness (QED) is 0.903. The van der Waals surface area contributed by atoms with Gasteiger partial charge in [0.05, 0.1) is 11.4 Å². The average Bonchev–Trinajstić information content (AvgIpc) is 3.10. The first kappa shape index (κ1) is 16.8. The van der Waals surface area contributed by atoms with Gasteiger partial charge in [0.25, 0.3) is 0 Å². The summed E-state index contributed by atoms with van der Waals surface area (Å²) in [6, 6.07) is 7.14. The first-order valence-electron chi connectivity index (χ1n) is 8.38. The van der Waals surface area contributed by atoms with Crippen molar-refractivity contribution in [2.45, 2.75) is 44.7 Å². The van der Waals surface area contributed by atoms with Crippen molar-refractivity contribution in [2.75, 3.05) is 6.54 Å². The zero-order valence-electron chi connectivity index (χ0n) is 13.6. The number of aromatic nitrogens is 2. The topological polar surface area (TPSA) is 58.4 Å². The number of halogens is 1. The summed E-state index contributed by atoms with van der Waals surface area (Å²) in [5, 5.41) is 14.0. The fraction of sp³-hybridized carbons (Fsp3) is 0.444. The number of benzene rings is 1. The van der Waals surface area contributed by atoms with Crippen molar-refractivity contribution < 1.29 is 9.90 Å². The number of amides is 1. The van der Waals surface area contributed by atoms with Crippen molar-refractivity contribution in [3.63, 3.8) is 0 Å². The van der Waals surface area contributed by atoms with Crippen LogP contribution >= 0.6 is 11.6 Å². The summed E-state index contributed by atoms with van der Waals surface area (Å²) in [7, 11) is 0. The third-order valence-electron chi connectivity index (χ3n) is 4.57. The lowest BCUT2D eigenvalue weighted by atomic mass is 9.98. The van der Waals surface area contributed by atoms with Crippen molar-refractivity contribution >= 4 is 17.5 Å². The Morgan fingerprint density at radius 2 is 2.25 bits per heavy atom. The number of carbonyl (C=O) groups excluding carboxylic acids is 1. The molecule has 1 atom stereocenters. The van der Waals surface area contributed by atoms with Crippen LogP contribution in [0.25, 0.3) is 0 Å². The molecule has 128 valence electrons. The first-order valence-corrected chi connectivity index (χ1v) is 8.75. The second-order valence-electron chi connectivity index (χ2n) is 6.26. The molecule has 1 aromatic carbocycles. The number of aryl methyl sites for hydroxylation is 1. The lowest BCUT2D eigenvalue weighted by Crippen LogP contribution is -2.44. The number of carbonyl (C=O) groups is 1. The summed E-state index contributed by atoms with van der Waals surface area (Å²) >= 11 is 5.93. The maximum absolute atomic E-state index is 12.7. The van der Waals surface area contributed by atoms with Crippen LogP contribution in [0.4, 0.5) is 0 Å². The van der Waals surface area contributed by atoms with E-state index < -0.39 is 0 Å². The van der Waals surface area contributed by atoms with Crippen LogP contribution < -0.4 is 0 Å². The third-order valence-corrected chi connectivity index (χ3v) is 4.87. The number of hydrogen-bond acceptors (Lipinski definition) is 3. The van der Waals surface area contributed by atoms with E-state index in [1.54, 1.807) is 18.3 Å². The number of rotatable bonds is 5. The van der Waals surface area contributed by atoms with E-state index in [0.29, 0.717) is 6.42 Å². The molecule has 0 aliphatic carbocycles. The molecule has 2 heterocycles. The van der Waals surface area contributed by atoms with Crippen LogP contribution in [-0.2, 0) is 17.8 Å². The molecule has 1 aromatic heterocycles. The molecule has 1 saturated heterocycles. The maximum Gasteiger partial charge on any atom is 0.227 e. The van der Waals surface area contributed by atoms with Gasteiger partial charge in [0.1, 0.15) is 5.75 Å². The van der Waals surface area contributed by atoms with Gasteiger partial charge in [0.15, 0.2) is 0 Å². The van der Waals surface area contributed by atoms with Crippen molar-refractivity contribution in [2.24, 2.45) is 0 Å². The van der Waals surface area contributed by atoms with Crippen molar-refractivity contribution in [1.29, 1.82) is 0 Å². The normalized spacial score (nSPS) is 17.9. The van der Waals surface area contributed by atoms with Gasteiger partial charge in [-0.3, -0.25) is 9.48 Å². The summed E-state index contributed by atoms with van der Waals surface area (Å²) in [5.41, 5.74) is 0.833. The monoisotopic (exact) mass is 347 g/mol. The maximum atomic E-state index is 12.7. The van der Waals surface area contributed by atoms with Crippen molar-refractivity contribution in [3.05, 3.63) is 47.2 Å². The van der Waals surface area contributed by atoms with E-state index in [4.69, 9.17) is 11.6 Å². The van der Waals surface area contributed by atoms with Crippen LogP contribution in [0.15, 0.2) is 36.7 Å². The van der Waals surface area contributed by atoms with Gasteiger partial charge in [-0.05, 0) is 49.4 Å². The van der Waals surface area contributed by atoms with Gasteiger partial charge in [0, 0.05) is 31.5 Å². The second-order valence-corrected chi connectivity index (χ2v) is 6.66. The molecule has 1 aliphatic heterocycles. The Bertz CT molecular complexity index is 688. The van der Waals surface area contributed by atoms with E-state index >= 15 is 0 Å². The van der Waals surface area contributed by atoms with Gasteiger partial charge in [-0.1, -0.05) is 17.7 Å². The SMILES string of the molecule is O=C(Cc1ccc(O)c(Cl)c1)N1CCCC[C@@H]1CCn1cccn1. The van der Waals surface area contributed by atoms with Crippen LogP contribution in [0.3, 0.4) is 0 Å². The Kier molecular flexibility index (Phi) is 5.41. The summed E-state index contributed by atoms with van der Waals surface area (Å²) in [5.74, 6) is 0.171. The smallest absolute Gasteiger partial charge is 0.227 e. The first-order chi connectivity index (χ1) is 11.6. The Balaban J connectivity index is 1.63. The van der Waals surface area contributed by atoms with Crippen LogP contribution in [-0.4, -0.2) is 38.3 Å². The molecule has 5 nitrogen and oxygen atoms in total. The Labute approximate surface area is 146 Å². The van der Waals surface area contributed by atoms with E-state index in [1.807, 2.05) is 21.8 Å². The standard InChI is InChI=1S/C18H22ClN3O2/c19-16-12-14(5-6-17(16)23)13-18(24)22-10-2-1-4-15(22)7-11-21-9-3-8-20-21/h3,5-6,8-9,12,15,23H,1-2,4,7,10-11,13H2/t15-/m1/s1. The van der Waals surface area contributed by atoms with Gasteiger partial charge in [-0.15, -0.1) is 0 Å². The molecule has 3 rings (SSSR count). The van der Waals surface area contributed by atoms with E-state index in [-0.39, 0.29) is 22.7 Å². The molecule has 0 bridgehead atoms. The number of piperidine rings is 1. The van der Waals surface area contributed by atoms with Crippen LogP contribution in [0.1, 0.15) is 31.2 Å². The molecule has 6 heteroatoms. The van der Waals surface area contributed by atoms with Gasteiger partial charge in [-0.25, -0.2) is 0 Å². The number of phenols is 1. The number of aromatic hydroxyl groups is 1. The average molecular weight is 348 g/mol. The van der Waals surface area contributed by atoms with E-state index in [9.17, 15) is 9.90 Å². The minimum Gasteiger partial charge on any atom is -0.506 e. The summed E-state index contributed by atoms with van der Waals surface area (Å²) in [6.07, 6.45) is 8.23. The highest BCUT2D eigenvalue weighted by Crippen LogP contribution is 2.25. The number of nitrogens with zero attached hydrogens (tertiary/aromatic N) is 3.